The van der Waals surface area contributed by atoms with Gasteiger partial charge in [0.15, 0.2) is 11.6 Å². The van der Waals surface area contributed by atoms with Gasteiger partial charge in [-0.3, -0.25) is 28.8 Å². The first-order valence-electron chi connectivity index (χ1n) is 47.4. The number of cyclic esters (lactones) is 2. The van der Waals surface area contributed by atoms with Gasteiger partial charge in [0.05, 0.1) is 36.6 Å². The van der Waals surface area contributed by atoms with E-state index in [4.69, 9.17) is 49.4 Å². The third-order valence-corrected chi connectivity index (χ3v) is 28.7. The van der Waals surface area contributed by atoms with Gasteiger partial charge in [-0.05, 0) is 253 Å². The summed E-state index contributed by atoms with van der Waals surface area (Å²) in [4.78, 5) is 115. The maximum absolute atomic E-state index is 14.3. The normalized spacial score (nSPS) is 41.3. The zero-order chi connectivity index (χ0) is 93.2. The Labute approximate surface area is 751 Å². The molecule has 0 aromatic rings. The van der Waals surface area contributed by atoms with Gasteiger partial charge < -0.3 is 89.8 Å². The number of carbonyl (C=O) groups is 8. The molecule has 4 saturated heterocycles. The summed E-state index contributed by atoms with van der Waals surface area (Å²) in [6.45, 7) is 27.0. The van der Waals surface area contributed by atoms with Gasteiger partial charge in [0.2, 0.25) is 11.6 Å². The second-order valence-corrected chi connectivity index (χ2v) is 39.1. The second-order valence-electron chi connectivity index (χ2n) is 39.1. The quantitative estimate of drug-likeness (QED) is 0.0572. The van der Waals surface area contributed by atoms with Gasteiger partial charge >= 0.3 is 11.9 Å². The molecule has 6 heterocycles. The summed E-state index contributed by atoms with van der Waals surface area (Å²) < 4.78 is 47.5. The highest BCUT2D eigenvalue weighted by molar-refractivity contribution is 6.39. The molecule has 4 bridgehead atoms. The number of nitrogens with two attached hydrogens (primary N) is 2. The molecule has 26 heteroatoms. The van der Waals surface area contributed by atoms with Crippen molar-refractivity contribution in [1.29, 1.82) is 0 Å². The lowest BCUT2D eigenvalue weighted by atomic mass is 9.78. The molecule has 6 fully saturated rings. The fourth-order valence-electron chi connectivity index (χ4n) is 20.2. The van der Waals surface area contributed by atoms with E-state index in [0.29, 0.717) is 152 Å². The number of Topliss-reactive ketones (excluding diaryl/α,β-unsaturated/α-hetero) is 4. The number of allylic oxidation sites excluding steroid dienone is 12. The number of carbonyl (C=O) groups excluding carboxylic acids is 8. The minimum atomic E-state index is -2.38. The highest BCUT2D eigenvalue weighted by Crippen LogP contribution is 2.42. The van der Waals surface area contributed by atoms with Crippen molar-refractivity contribution in [3.05, 3.63) is 95.2 Å². The van der Waals surface area contributed by atoms with Crippen LogP contribution in [0.3, 0.4) is 0 Å². The van der Waals surface area contributed by atoms with Crippen LogP contribution in [0.1, 0.15) is 264 Å². The number of methoxy groups -OCH3 is 4. The Bertz CT molecular complexity index is 3560. The number of esters is 2. The van der Waals surface area contributed by atoms with Gasteiger partial charge in [-0.1, -0.05) is 153 Å². The van der Waals surface area contributed by atoms with Crippen LogP contribution in [-0.4, -0.2) is 238 Å². The van der Waals surface area contributed by atoms with Gasteiger partial charge in [0.1, 0.15) is 48.7 Å². The lowest BCUT2D eigenvalue weighted by Crippen LogP contribution is -2.61. The zero-order valence-corrected chi connectivity index (χ0v) is 79.2. The van der Waals surface area contributed by atoms with Crippen LogP contribution in [-0.2, 0) is 76.3 Å². The number of hydrogen-bond donors (Lipinski definition) is 8. The first-order valence-corrected chi connectivity index (χ1v) is 47.4. The monoisotopic (exact) mass is 1770 g/mol. The Hall–Kier alpha value is -6.08. The Morgan fingerprint density at radius 1 is 0.429 bits per heavy atom. The molecule has 0 unspecified atom stereocenters. The topological polar surface area (TPSA) is 390 Å². The molecule has 712 valence electrons. The standard InChI is InChI=1S/2C50H80N2O11/c2*1-30-15-11-10-12-16-32(3)39(51)29-38-21-19-36(7)50(59,63-38)47(56)48(57)52-24-14-13-17-40(52)49(58)62-42(33(4)27-37-20-22-41(53)43(28-37)60-8)23-18-31(2)26-35(6)45(55)46(61-9)44(54)34(5)25-30/h2*10-12,15-16,26,30-31,33-34,36-43,45-46,53,55,59H,13-14,17-25,27-29,51H2,1-9H3/b2*12-10+,15-11+,32-16+,35-26+/t30-,31+,33-,34-,36-,37+,38+,39+,40+,41-,42+,43-,45-,46+,50-;30-,31+,33-,34-,36-,37+,38+,39-,40+,41-,42+,43-,45-,46+,50-/m11/s1. The Morgan fingerprint density at radius 3 is 1.14 bits per heavy atom. The Morgan fingerprint density at radius 2 is 0.794 bits per heavy atom. The average molecular weight is 1770 g/mol. The number of piperidine rings is 2. The van der Waals surface area contributed by atoms with Crippen LogP contribution >= 0.6 is 0 Å². The lowest BCUT2D eigenvalue weighted by Gasteiger charge is -2.42. The number of aliphatic hydroxyl groups excluding tert-OH is 4. The van der Waals surface area contributed by atoms with Gasteiger partial charge in [0, 0.05) is 77.3 Å². The maximum atomic E-state index is 14.3. The summed E-state index contributed by atoms with van der Waals surface area (Å²) >= 11 is 0. The van der Waals surface area contributed by atoms with Crippen LogP contribution < -0.4 is 11.5 Å². The molecule has 8 rings (SSSR count). The van der Waals surface area contributed by atoms with E-state index in [0.717, 1.165) is 36.8 Å². The molecule has 0 spiro atoms. The predicted octanol–water partition coefficient (Wildman–Crippen LogP) is 12.6. The molecule has 6 aliphatic heterocycles. The molecule has 30 atom stereocenters. The predicted molar refractivity (Wildman–Crippen MR) is 484 cm³/mol. The molecule has 2 amide bonds. The number of fused-ring (bicyclic) bond motifs is 6. The number of nitrogens with zero attached hydrogens (tertiary/aromatic N) is 2. The minimum absolute atomic E-state index is 0.0683. The number of ketones is 4. The van der Waals surface area contributed by atoms with Gasteiger partial charge in [-0.15, -0.1) is 0 Å². The van der Waals surface area contributed by atoms with Gasteiger partial charge in [-0.2, -0.15) is 0 Å². The van der Waals surface area contributed by atoms with E-state index in [1.165, 1.54) is 24.0 Å². The van der Waals surface area contributed by atoms with Gasteiger partial charge in [0.25, 0.3) is 23.4 Å². The van der Waals surface area contributed by atoms with Crippen molar-refractivity contribution >= 4 is 46.9 Å². The average Bonchev–Trinajstić information content (AvgIpc) is 0.774. The molecule has 0 radical (unpaired) electrons. The van der Waals surface area contributed by atoms with Crippen molar-refractivity contribution in [1.82, 2.24) is 9.80 Å². The smallest absolute Gasteiger partial charge is 0.329 e. The Balaban J connectivity index is 0.000000346. The third kappa shape index (κ3) is 30.0. The van der Waals surface area contributed by atoms with Crippen molar-refractivity contribution in [2.45, 2.75) is 373 Å². The molecule has 2 aliphatic carbocycles. The first-order chi connectivity index (χ1) is 59.6. The fraction of sp³-hybridized carbons (Fsp3) is 0.760. The van der Waals surface area contributed by atoms with Crippen molar-refractivity contribution in [2.75, 3.05) is 41.5 Å². The summed E-state index contributed by atoms with van der Waals surface area (Å²) in [5, 5.41) is 67.6. The van der Waals surface area contributed by atoms with Crippen LogP contribution in [0, 0.1) is 71.0 Å². The van der Waals surface area contributed by atoms with Crippen molar-refractivity contribution in [3.63, 3.8) is 0 Å². The van der Waals surface area contributed by atoms with E-state index in [2.05, 4.69) is 13.8 Å². The van der Waals surface area contributed by atoms with Crippen LogP contribution in [0.25, 0.3) is 0 Å². The molecule has 126 heavy (non-hydrogen) atoms. The van der Waals surface area contributed by atoms with E-state index in [1.54, 1.807) is 41.9 Å². The third-order valence-electron chi connectivity index (χ3n) is 28.7. The van der Waals surface area contributed by atoms with E-state index in [1.807, 2.05) is 128 Å². The summed E-state index contributed by atoms with van der Waals surface area (Å²) in [5.41, 5.74) is 16.1. The molecule has 26 nitrogen and oxygen atoms in total. The SMILES string of the molecule is CO[C@@H]1C[C@H](C[C@@H](C)[C@@H]2CC[C@H](C)/C=C(\C)[C@@H](O)[C@@H](OC)C(=O)[C@H](C)C[C@H](C)/C=C/C=C/C=C(\C)[C@@H](N)C[C@@H]3CC[C@@H](C)[C@@](O)(O3)C(=O)C(=O)N3CCCC[C@H]3C(=O)O2)CC[C@H]1O.CO[C@@H]1C[C@H](C[C@@H](C)[C@@H]2CC[C@H](C)/C=C(\C)[C@@H](O)[C@@H](OC)C(=O)[C@H](C)C[C@H](C)/C=C/C=C/C=C(\C)[C@H](N)C[C@@H]3CC[C@@H](C)[C@@](O)(O3)C(=O)C(=O)N3CCCC[C@H]3C(=O)O2)CC[C@H]1O. The van der Waals surface area contributed by atoms with E-state index in [9.17, 15) is 69.0 Å². The summed E-state index contributed by atoms with van der Waals surface area (Å²) in [6, 6.07) is -2.92. The van der Waals surface area contributed by atoms with E-state index >= 15 is 0 Å². The number of aliphatic hydroxyl groups is 6. The van der Waals surface area contributed by atoms with Crippen molar-refractivity contribution < 1.29 is 107 Å². The lowest BCUT2D eigenvalue weighted by molar-refractivity contribution is -0.264. The molecule has 0 aromatic carbocycles. The van der Waals surface area contributed by atoms with Gasteiger partial charge in [-0.25, -0.2) is 9.59 Å². The van der Waals surface area contributed by atoms with E-state index in [-0.39, 0.29) is 96.0 Å². The number of ether oxygens (including phenoxy) is 8. The van der Waals surface area contributed by atoms with Crippen LogP contribution in [0.2, 0.25) is 0 Å². The second kappa shape index (κ2) is 51.1. The number of rotatable bonds is 10. The highest BCUT2D eigenvalue weighted by atomic mass is 16.6. The minimum Gasteiger partial charge on any atom is -0.461 e. The zero-order valence-electron chi connectivity index (χ0n) is 79.2. The van der Waals surface area contributed by atoms with Crippen LogP contribution in [0.4, 0.5) is 0 Å². The molecular formula is C100H160N4O22. The maximum Gasteiger partial charge on any atom is 0.329 e. The summed E-state index contributed by atoms with van der Waals surface area (Å²) in [7, 11) is 6.10. The molecule has 10 N–H and O–H groups in total. The first kappa shape index (κ1) is 107. The fourth-order valence-corrected chi connectivity index (χ4v) is 20.2. The molecule has 0 aromatic heterocycles. The Kier molecular flexibility index (Phi) is 43.4. The van der Waals surface area contributed by atoms with Crippen LogP contribution in [0.15, 0.2) is 95.2 Å². The highest BCUT2D eigenvalue weighted by Gasteiger charge is 2.55. The molecule has 2 saturated carbocycles. The molecular weight excluding hydrogens is 1610 g/mol. The molecule has 8 aliphatic rings. The van der Waals surface area contributed by atoms with Crippen molar-refractivity contribution in [3.8, 4) is 0 Å². The summed E-state index contributed by atoms with van der Waals surface area (Å²) in [5.74, 6) is -12.2. The largest absolute Gasteiger partial charge is 0.461 e. The number of hydrogen-bond acceptors (Lipinski definition) is 24. The van der Waals surface area contributed by atoms with Crippen molar-refractivity contribution in [2.24, 2.45) is 82.5 Å². The van der Waals surface area contributed by atoms with E-state index < -0.39 is 144 Å². The number of amides is 2. The van der Waals surface area contributed by atoms with Crippen LogP contribution in [0.5, 0.6) is 0 Å². The summed E-state index contributed by atoms with van der Waals surface area (Å²) in [6.07, 6.45) is 29.6.